The third-order valence-electron chi connectivity index (χ3n) is 5.59. The van der Waals surface area contributed by atoms with Gasteiger partial charge in [0, 0.05) is 5.29 Å². The molecule has 0 N–H and O–H groups in total. The average Bonchev–Trinajstić information content (AvgIpc) is 2.85. The summed E-state index contributed by atoms with van der Waals surface area (Å²) in [5.74, 6) is 0.744. The van der Waals surface area contributed by atoms with Crippen molar-refractivity contribution in [2.75, 3.05) is 0 Å². The van der Waals surface area contributed by atoms with E-state index in [2.05, 4.69) is 117 Å². The smallest absolute Gasteiger partial charge is 0.116 e. The molecule has 0 heterocycles. The Labute approximate surface area is 185 Å². The molecule has 2 heteroatoms. The Morgan fingerprint density at radius 3 is 1.35 bits per heavy atom. The van der Waals surface area contributed by atoms with Crippen molar-refractivity contribution < 1.29 is 4.74 Å². The van der Waals surface area contributed by atoms with Gasteiger partial charge in [-0.1, -0.05) is 128 Å². The molecule has 0 spiro atoms. The highest BCUT2D eigenvalue weighted by Crippen LogP contribution is 2.47. The summed E-state index contributed by atoms with van der Waals surface area (Å²) in [6, 6.07) is 42.6. The monoisotopic (exact) mass is 422 g/mol. The molecule has 0 saturated carbocycles. The van der Waals surface area contributed by atoms with E-state index in [0.717, 1.165) is 11.3 Å². The van der Waals surface area contributed by atoms with Crippen molar-refractivity contribution in [3.8, 4) is 0 Å². The number of benzene rings is 4. The van der Waals surface area contributed by atoms with Crippen LogP contribution in [0, 0.1) is 0 Å². The van der Waals surface area contributed by atoms with E-state index < -0.39 is 6.89 Å². The number of hydrogen-bond donors (Lipinski definition) is 0. The number of allylic oxidation sites excluding steroid dienone is 1. The summed E-state index contributed by atoms with van der Waals surface area (Å²) in [7, 11) is 0. The molecular formula is C29H27OP. The molecule has 0 aliphatic heterocycles. The second kappa shape index (κ2) is 9.69. The fourth-order valence-electron chi connectivity index (χ4n) is 4.02. The third kappa shape index (κ3) is 4.29. The van der Waals surface area contributed by atoms with E-state index in [-0.39, 0.29) is 0 Å². The van der Waals surface area contributed by atoms with Crippen LogP contribution in [0.5, 0.6) is 0 Å². The standard InChI is InChI=1S/C29H27OP/c1-24(30-23-26-15-7-3-8-16-26)25(2)31(27-17-9-4-10-18-27,28-19-11-5-12-20-28)29-21-13-6-14-22-29/h3-22H,1,23H2,2H3. The molecular weight excluding hydrogens is 395 g/mol. The maximum atomic E-state index is 6.26. The molecule has 1 nitrogen and oxygen atoms in total. The quantitative estimate of drug-likeness (QED) is 0.266. The van der Waals surface area contributed by atoms with Gasteiger partial charge >= 0.3 is 0 Å². The second-order valence-corrected chi connectivity index (χ2v) is 11.0. The first-order valence-corrected chi connectivity index (χ1v) is 12.3. The minimum absolute atomic E-state index is 0.509. The van der Waals surface area contributed by atoms with Gasteiger partial charge in [0.25, 0.3) is 0 Å². The van der Waals surface area contributed by atoms with Crippen LogP contribution < -0.4 is 15.9 Å². The molecule has 31 heavy (non-hydrogen) atoms. The third-order valence-corrected chi connectivity index (χ3v) is 10.1. The molecule has 0 radical (unpaired) electrons. The van der Waals surface area contributed by atoms with Gasteiger partial charge in [0.1, 0.15) is 12.4 Å². The molecule has 0 amide bonds. The first kappa shape index (κ1) is 21.0. The summed E-state index contributed by atoms with van der Waals surface area (Å²) in [5, 5.41) is 5.09. The van der Waals surface area contributed by atoms with Crippen molar-refractivity contribution in [2.24, 2.45) is 0 Å². The van der Waals surface area contributed by atoms with Crippen molar-refractivity contribution in [1.82, 2.24) is 0 Å². The Kier molecular flexibility index (Phi) is 6.55. The zero-order valence-corrected chi connectivity index (χ0v) is 18.7. The highest BCUT2D eigenvalue weighted by atomic mass is 31.2. The normalized spacial score (nSPS) is 11.0. The van der Waals surface area contributed by atoms with Gasteiger partial charge in [0.2, 0.25) is 0 Å². The zero-order chi connectivity index (χ0) is 21.5. The van der Waals surface area contributed by atoms with E-state index in [9.17, 15) is 0 Å². The summed E-state index contributed by atoms with van der Waals surface area (Å²) in [5.41, 5.74) is 1.14. The minimum Gasteiger partial charge on any atom is -0.489 e. The zero-order valence-electron chi connectivity index (χ0n) is 17.8. The SMILES string of the molecule is C=C(OCc1ccccc1)C(C)=P(c1ccccc1)(c1ccccc1)c1ccccc1. The Morgan fingerprint density at radius 1 is 0.613 bits per heavy atom. The van der Waals surface area contributed by atoms with Crippen LogP contribution in [0.1, 0.15) is 12.5 Å². The summed E-state index contributed by atoms with van der Waals surface area (Å²) >= 11 is 0. The van der Waals surface area contributed by atoms with Gasteiger partial charge in [-0.2, -0.15) is 0 Å². The van der Waals surface area contributed by atoms with Crippen LogP contribution in [-0.2, 0) is 11.3 Å². The lowest BCUT2D eigenvalue weighted by Gasteiger charge is -2.32. The van der Waals surface area contributed by atoms with Gasteiger partial charge in [-0.15, -0.1) is 0 Å². The molecule has 154 valence electrons. The molecule has 0 aliphatic carbocycles. The molecule has 0 aromatic heterocycles. The largest absolute Gasteiger partial charge is 0.489 e. The maximum absolute atomic E-state index is 6.26. The molecule has 0 unspecified atom stereocenters. The topological polar surface area (TPSA) is 9.23 Å². The van der Waals surface area contributed by atoms with Crippen LogP contribution >= 0.6 is 6.89 Å². The Hall–Kier alpha value is -3.28. The highest BCUT2D eigenvalue weighted by Gasteiger charge is 2.29. The summed E-state index contributed by atoms with van der Waals surface area (Å²) < 4.78 is 6.26. The highest BCUT2D eigenvalue weighted by molar-refractivity contribution is 7.95. The number of hydrogen-bond acceptors (Lipinski definition) is 1. The van der Waals surface area contributed by atoms with E-state index in [4.69, 9.17) is 4.74 Å². The van der Waals surface area contributed by atoms with E-state index in [1.165, 1.54) is 21.2 Å². The fraction of sp³-hybridized carbons (Fsp3) is 0.0690. The van der Waals surface area contributed by atoms with Crippen molar-refractivity contribution >= 4 is 28.1 Å². The predicted molar refractivity (Wildman–Crippen MR) is 136 cm³/mol. The van der Waals surface area contributed by atoms with Crippen molar-refractivity contribution in [3.63, 3.8) is 0 Å². The molecule has 0 aliphatic rings. The van der Waals surface area contributed by atoms with Crippen LogP contribution in [-0.4, -0.2) is 5.29 Å². The van der Waals surface area contributed by atoms with E-state index in [1.54, 1.807) is 0 Å². The Balaban J connectivity index is 1.94. The van der Waals surface area contributed by atoms with Gasteiger partial charge in [-0.3, -0.25) is 0 Å². The van der Waals surface area contributed by atoms with Gasteiger partial charge in [0.15, 0.2) is 0 Å². The lowest BCUT2D eigenvalue weighted by Crippen LogP contribution is -2.30. The molecule has 0 saturated heterocycles. The molecule has 4 rings (SSSR count). The van der Waals surface area contributed by atoms with Gasteiger partial charge in [0.05, 0.1) is 0 Å². The molecule has 4 aromatic rings. The van der Waals surface area contributed by atoms with Crippen molar-refractivity contribution in [2.45, 2.75) is 13.5 Å². The average molecular weight is 423 g/mol. The first-order chi connectivity index (χ1) is 15.2. The molecule has 0 bridgehead atoms. The molecule has 0 atom stereocenters. The molecule has 4 aromatic carbocycles. The van der Waals surface area contributed by atoms with Gasteiger partial charge in [-0.05, 0) is 35.3 Å². The summed E-state index contributed by atoms with van der Waals surface area (Å²) in [6.45, 7) is 4.95. The fourth-order valence-corrected chi connectivity index (χ4v) is 8.37. The number of rotatable bonds is 7. The first-order valence-electron chi connectivity index (χ1n) is 10.5. The Morgan fingerprint density at radius 2 is 0.968 bits per heavy atom. The van der Waals surface area contributed by atoms with E-state index in [1.807, 2.05) is 18.2 Å². The van der Waals surface area contributed by atoms with E-state index in [0.29, 0.717) is 6.61 Å². The summed E-state index contributed by atoms with van der Waals surface area (Å²) in [4.78, 5) is 0. The van der Waals surface area contributed by atoms with Crippen LogP contribution in [0.4, 0.5) is 0 Å². The van der Waals surface area contributed by atoms with Crippen molar-refractivity contribution in [3.05, 3.63) is 139 Å². The predicted octanol–water partition coefficient (Wildman–Crippen LogP) is 5.90. The van der Waals surface area contributed by atoms with Gasteiger partial charge in [-0.25, -0.2) is 0 Å². The van der Waals surface area contributed by atoms with Crippen molar-refractivity contribution in [1.29, 1.82) is 0 Å². The van der Waals surface area contributed by atoms with Crippen LogP contribution in [0.25, 0.3) is 0 Å². The Bertz CT molecular complexity index is 1080. The van der Waals surface area contributed by atoms with Gasteiger partial charge < -0.3 is 4.74 Å². The second-order valence-electron chi connectivity index (χ2n) is 7.46. The lowest BCUT2D eigenvalue weighted by atomic mass is 10.2. The minimum atomic E-state index is -2.13. The molecule has 0 fully saturated rings. The maximum Gasteiger partial charge on any atom is 0.116 e. The van der Waals surface area contributed by atoms with Crippen LogP contribution in [0.15, 0.2) is 134 Å². The summed E-state index contributed by atoms with van der Waals surface area (Å²) in [6.07, 6.45) is 0. The van der Waals surface area contributed by atoms with E-state index >= 15 is 0 Å². The van der Waals surface area contributed by atoms with Crippen LogP contribution in [0.3, 0.4) is 0 Å². The number of ether oxygens (including phenoxy) is 1. The lowest BCUT2D eigenvalue weighted by molar-refractivity contribution is 0.220. The van der Waals surface area contributed by atoms with Crippen LogP contribution in [0.2, 0.25) is 0 Å².